The summed E-state index contributed by atoms with van der Waals surface area (Å²) in [4.78, 5) is 38.1. The molecule has 0 unspecified atom stereocenters. The zero-order chi connectivity index (χ0) is 21.3. The van der Waals surface area contributed by atoms with Crippen molar-refractivity contribution in [1.29, 1.82) is 5.26 Å². The molecule has 0 fully saturated rings. The number of amides is 2. The quantitative estimate of drug-likeness (QED) is 0.672. The molecule has 1 aliphatic heterocycles. The Bertz CT molecular complexity index is 1390. The Morgan fingerprint density at radius 3 is 2.67 bits per heavy atom. The highest BCUT2D eigenvalue weighted by atomic mass is 32.1. The number of aryl methyl sites for hydroxylation is 1. The molecule has 0 saturated carbocycles. The Labute approximate surface area is 175 Å². The van der Waals surface area contributed by atoms with Crippen LogP contribution < -0.4 is 25.4 Å². The number of carbonyl (C=O) groups is 2. The van der Waals surface area contributed by atoms with Gasteiger partial charge in [0.05, 0.1) is 11.6 Å². The molecule has 0 atom stereocenters. The summed E-state index contributed by atoms with van der Waals surface area (Å²) in [5, 5.41) is 14.6. The van der Waals surface area contributed by atoms with Gasteiger partial charge in [0.1, 0.15) is 15.7 Å². The fraction of sp³-hybridized carbons (Fsp3) is 0.0909. The van der Waals surface area contributed by atoms with Crippen LogP contribution in [0.1, 0.15) is 11.1 Å². The number of hydrogen-bond donors (Lipinski definition) is 2. The normalized spacial score (nSPS) is 14.8. The number of para-hydroxylation sites is 1. The smallest absolute Gasteiger partial charge is 0.270 e. The Morgan fingerprint density at radius 2 is 1.93 bits per heavy atom. The molecular formula is C22H16N4O3S. The van der Waals surface area contributed by atoms with Crippen LogP contribution in [-0.4, -0.2) is 16.4 Å². The first-order chi connectivity index (χ1) is 14.5. The van der Waals surface area contributed by atoms with Crippen LogP contribution in [-0.2, 0) is 16.1 Å². The van der Waals surface area contributed by atoms with Gasteiger partial charge in [-0.1, -0.05) is 35.9 Å². The van der Waals surface area contributed by atoms with E-state index < -0.39 is 11.5 Å². The molecule has 8 heteroatoms. The van der Waals surface area contributed by atoms with Gasteiger partial charge >= 0.3 is 0 Å². The predicted octanol–water partition coefficient (Wildman–Crippen LogP) is 1.31. The van der Waals surface area contributed by atoms with Crippen LogP contribution in [0.2, 0.25) is 0 Å². The van der Waals surface area contributed by atoms with Crippen molar-refractivity contribution in [3.05, 3.63) is 79.2 Å². The molecule has 4 rings (SSSR count). The highest BCUT2D eigenvalue weighted by Crippen LogP contribution is 2.29. The lowest BCUT2D eigenvalue weighted by Gasteiger charge is -2.06. The number of nitrogens with one attached hydrogen (secondary N) is 2. The molecule has 148 valence electrons. The van der Waals surface area contributed by atoms with Gasteiger partial charge in [-0.25, -0.2) is 0 Å². The summed E-state index contributed by atoms with van der Waals surface area (Å²) in [5.74, 6) is -0.784. The van der Waals surface area contributed by atoms with E-state index in [9.17, 15) is 14.4 Å². The highest BCUT2D eigenvalue weighted by molar-refractivity contribution is 7.07. The average Bonchev–Trinajstić information content (AvgIpc) is 3.20. The Balaban J connectivity index is 1.78. The topological polar surface area (TPSA) is 104 Å². The molecule has 2 aromatic carbocycles. The lowest BCUT2D eigenvalue weighted by atomic mass is 10.1. The van der Waals surface area contributed by atoms with Gasteiger partial charge in [0, 0.05) is 23.0 Å². The first kappa shape index (κ1) is 19.4. The lowest BCUT2D eigenvalue weighted by molar-refractivity contribution is -0.116. The van der Waals surface area contributed by atoms with E-state index in [0.717, 1.165) is 16.9 Å². The third-order valence-electron chi connectivity index (χ3n) is 4.64. The molecule has 1 aromatic heterocycles. The minimum absolute atomic E-state index is 0.196. The van der Waals surface area contributed by atoms with Crippen molar-refractivity contribution in [2.45, 2.75) is 13.5 Å². The molecule has 0 spiro atoms. The summed E-state index contributed by atoms with van der Waals surface area (Å²) >= 11 is 1.02. The maximum Gasteiger partial charge on any atom is 0.270 e. The third kappa shape index (κ3) is 3.54. The van der Waals surface area contributed by atoms with Gasteiger partial charge in [0.25, 0.3) is 11.5 Å². The van der Waals surface area contributed by atoms with Crippen LogP contribution >= 0.6 is 11.3 Å². The number of thiazole rings is 1. The number of anilines is 2. The summed E-state index contributed by atoms with van der Waals surface area (Å²) in [5.41, 5.74) is 2.69. The molecular weight excluding hydrogens is 400 g/mol. The second kappa shape index (κ2) is 7.81. The van der Waals surface area contributed by atoms with Crippen molar-refractivity contribution in [3.8, 4) is 6.07 Å². The fourth-order valence-corrected chi connectivity index (χ4v) is 4.30. The van der Waals surface area contributed by atoms with Gasteiger partial charge in [0.2, 0.25) is 5.91 Å². The zero-order valence-electron chi connectivity index (χ0n) is 15.9. The van der Waals surface area contributed by atoms with E-state index in [-0.39, 0.29) is 22.6 Å². The van der Waals surface area contributed by atoms with Gasteiger partial charge in [-0.3, -0.25) is 19.0 Å². The zero-order valence-corrected chi connectivity index (χ0v) is 16.7. The van der Waals surface area contributed by atoms with E-state index in [4.69, 9.17) is 5.26 Å². The van der Waals surface area contributed by atoms with Crippen LogP contribution in [0.5, 0.6) is 0 Å². The molecule has 7 nitrogen and oxygen atoms in total. The van der Waals surface area contributed by atoms with E-state index in [2.05, 4.69) is 10.6 Å². The summed E-state index contributed by atoms with van der Waals surface area (Å²) < 4.78 is 1.72. The van der Waals surface area contributed by atoms with Crippen molar-refractivity contribution in [3.63, 3.8) is 0 Å². The van der Waals surface area contributed by atoms with Gasteiger partial charge in [-0.05, 0) is 25.1 Å². The van der Waals surface area contributed by atoms with Crippen molar-refractivity contribution < 1.29 is 9.59 Å². The fourth-order valence-electron chi connectivity index (χ4n) is 3.22. The number of nitriles is 1. The molecule has 2 N–H and O–H groups in total. The number of carbonyl (C=O) groups excluding carboxylic acids is 2. The maximum absolute atomic E-state index is 13.1. The second-order valence-electron chi connectivity index (χ2n) is 6.72. The summed E-state index contributed by atoms with van der Waals surface area (Å²) in [6, 6.07) is 16.3. The molecule has 3 aromatic rings. The van der Waals surface area contributed by atoms with Crippen LogP contribution in [0.3, 0.4) is 0 Å². The number of aromatic nitrogens is 1. The first-order valence-corrected chi connectivity index (χ1v) is 9.90. The maximum atomic E-state index is 13.1. The molecule has 30 heavy (non-hydrogen) atoms. The van der Waals surface area contributed by atoms with Crippen LogP contribution in [0, 0.1) is 18.3 Å². The summed E-state index contributed by atoms with van der Waals surface area (Å²) in [6.07, 6.45) is 1.20. The van der Waals surface area contributed by atoms with Gasteiger partial charge in [0.15, 0.2) is 0 Å². The monoisotopic (exact) mass is 416 g/mol. The SMILES string of the molecule is Cc1ccc(NC(=O)Cn2c(=O)/c(=C3\C(=O)Nc4ccccc43)s/c2=C\C#N)cc1. The minimum Gasteiger partial charge on any atom is -0.325 e. The molecule has 0 saturated heterocycles. The van der Waals surface area contributed by atoms with Crippen molar-refractivity contribution in [2.75, 3.05) is 10.6 Å². The third-order valence-corrected chi connectivity index (χ3v) is 5.77. The molecule has 0 bridgehead atoms. The number of hydrogen-bond acceptors (Lipinski definition) is 5. The van der Waals surface area contributed by atoms with E-state index in [1.54, 1.807) is 36.4 Å². The Hall–Kier alpha value is -3.96. The minimum atomic E-state index is -0.484. The van der Waals surface area contributed by atoms with Crippen molar-refractivity contribution >= 4 is 46.2 Å². The molecule has 1 aliphatic rings. The Morgan fingerprint density at radius 1 is 1.20 bits per heavy atom. The molecule has 2 amide bonds. The number of rotatable bonds is 3. The first-order valence-electron chi connectivity index (χ1n) is 9.09. The van der Waals surface area contributed by atoms with E-state index in [1.807, 2.05) is 25.1 Å². The van der Waals surface area contributed by atoms with Gasteiger partial charge in [-0.2, -0.15) is 5.26 Å². The second-order valence-corrected chi connectivity index (χ2v) is 7.75. The molecule has 0 radical (unpaired) electrons. The number of fused-ring (bicyclic) bond motifs is 1. The number of nitrogens with zero attached hydrogens (tertiary/aromatic N) is 2. The van der Waals surface area contributed by atoms with Gasteiger partial charge in [-0.15, -0.1) is 11.3 Å². The summed E-state index contributed by atoms with van der Waals surface area (Å²) in [6.45, 7) is 1.67. The average molecular weight is 416 g/mol. The molecule has 2 heterocycles. The van der Waals surface area contributed by atoms with Crippen molar-refractivity contribution in [1.82, 2.24) is 4.57 Å². The van der Waals surface area contributed by atoms with E-state index >= 15 is 0 Å². The lowest BCUT2D eigenvalue weighted by Crippen LogP contribution is -2.37. The highest BCUT2D eigenvalue weighted by Gasteiger charge is 2.26. The molecule has 0 aliphatic carbocycles. The van der Waals surface area contributed by atoms with Crippen LogP contribution in [0.25, 0.3) is 11.6 Å². The van der Waals surface area contributed by atoms with E-state index in [0.29, 0.717) is 21.6 Å². The van der Waals surface area contributed by atoms with Crippen LogP contribution in [0.15, 0.2) is 53.3 Å². The predicted molar refractivity (Wildman–Crippen MR) is 115 cm³/mol. The summed E-state index contributed by atoms with van der Waals surface area (Å²) in [7, 11) is 0. The van der Waals surface area contributed by atoms with E-state index in [1.165, 1.54) is 10.6 Å². The standard InChI is InChI=1S/C22H16N4O3S/c1-13-6-8-14(9-7-13)24-17(27)12-26-18(10-11-23)30-20(22(26)29)19-15-4-2-3-5-16(15)25-21(19)28/h2-10H,12H2,1H3,(H,24,27)(H,25,28)/b18-10-,20-19+. The largest absolute Gasteiger partial charge is 0.325 e. The van der Waals surface area contributed by atoms with Crippen molar-refractivity contribution in [2.24, 2.45) is 0 Å². The van der Waals surface area contributed by atoms with Gasteiger partial charge < -0.3 is 10.6 Å². The van der Waals surface area contributed by atoms with Crippen LogP contribution in [0.4, 0.5) is 11.4 Å². The number of benzene rings is 2. The Kier molecular flexibility index (Phi) is 5.04.